The quantitative estimate of drug-likeness (QED) is 0.773. The zero-order valence-corrected chi connectivity index (χ0v) is 14.2. The average molecular weight is 336 g/mol. The maximum absolute atomic E-state index is 12.8. The van der Waals surface area contributed by atoms with Gasteiger partial charge in [-0.1, -0.05) is 6.07 Å². The molecule has 23 heavy (non-hydrogen) atoms. The third-order valence-electron chi connectivity index (χ3n) is 3.47. The number of aromatic nitrogens is 1. The summed E-state index contributed by atoms with van der Waals surface area (Å²) in [6.07, 6.45) is 2.22. The Balaban J connectivity index is 2.23. The molecule has 124 valence electrons. The molecule has 6 nitrogen and oxygen atoms in total. The van der Waals surface area contributed by atoms with Crippen molar-refractivity contribution in [3.05, 3.63) is 48.3 Å². The molecule has 7 heteroatoms. The van der Waals surface area contributed by atoms with Gasteiger partial charge >= 0.3 is 0 Å². The van der Waals surface area contributed by atoms with Crippen molar-refractivity contribution in [1.29, 1.82) is 0 Å². The van der Waals surface area contributed by atoms with Crippen molar-refractivity contribution in [3.8, 4) is 11.5 Å². The molecule has 0 fully saturated rings. The van der Waals surface area contributed by atoms with Crippen LogP contribution in [0.3, 0.4) is 0 Å². The summed E-state index contributed by atoms with van der Waals surface area (Å²) in [6, 6.07) is 10.3. The zero-order chi connectivity index (χ0) is 16.9. The number of likely N-dealkylation sites (N-methyl/N-ethyl adjacent to an activating group) is 1. The van der Waals surface area contributed by atoms with Crippen LogP contribution in [0, 0.1) is 0 Å². The molecular formula is C16H20N2O4S. The number of hydrogen-bond acceptors (Lipinski definition) is 5. The minimum atomic E-state index is -3.68. The van der Waals surface area contributed by atoms with Crippen LogP contribution in [0.2, 0.25) is 0 Å². The van der Waals surface area contributed by atoms with Gasteiger partial charge in [0.25, 0.3) is 0 Å². The highest BCUT2D eigenvalue weighted by molar-refractivity contribution is 7.89. The fraction of sp³-hybridized carbons (Fsp3) is 0.312. The first-order chi connectivity index (χ1) is 11.0. The molecule has 0 unspecified atom stereocenters. The Morgan fingerprint density at radius 3 is 2.52 bits per heavy atom. The van der Waals surface area contributed by atoms with E-state index in [-0.39, 0.29) is 10.6 Å². The number of benzene rings is 1. The van der Waals surface area contributed by atoms with Crippen LogP contribution in [0.4, 0.5) is 0 Å². The fourth-order valence-electron chi connectivity index (χ4n) is 2.09. The molecule has 0 N–H and O–H groups in total. The smallest absolute Gasteiger partial charge is 0.246 e. The first-order valence-corrected chi connectivity index (χ1v) is 8.51. The molecule has 1 aromatic carbocycles. The van der Waals surface area contributed by atoms with Gasteiger partial charge in [-0.2, -0.15) is 0 Å². The number of pyridine rings is 1. The maximum atomic E-state index is 12.8. The van der Waals surface area contributed by atoms with Crippen LogP contribution in [0.15, 0.2) is 47.5 Å². The second-order valence-corrected chi connectivity index (χ2v) is 6.93. The van der Waals surface area contributed by atoms with Crippen LogP contribution >= 0.6 is 0 Å². The molecule has 0 aliphatic rings. The van der Waals surface area contributed by atoms with E-state index in [0.29, 0.717) is 18.7 Å². The number of nitrogens with zero attached hydrogens (tertiary/aromatic N) is 2. The molecule has 0 bridgehead atoms. The summed E-state index contributed by atoms with van der Waals surface area (Å²) in [5.41, 5.74) is 0.840. The van der Waals surface area contributed by atoms with Gasteiger partial charge < -0.3 is 9.47 Å². The van der Waals surface area contributed by atoms with E-state index in [1.807, 2.05) is 18.2 Å². The highest BCUT2D eigenvalue weighted by Gasteiger charge is 2.25. The van der Waals surface area contributed by atoms with Crippen LogP contribution in [0.25, 0.3) is 0 Å². The third-order valence-corrected chi connectivity index (χ3v) is 5.35. The summed E-state index contributed by atoms with van der Waals surface area (Å²) in [4.78, 5) is 4.29. The summed E-state index contributed by atoms with van der Waals surface area (Å²) in [5.74, 6) is 0.748. The largest absolute Gasteiger partial charge is 0.497 e. The number of hydrogen-bond donors (Lipinski definition) is 0. The van der Waals surface area contributed by atoms with Gasteiger partial charge in [-0.15, -0.1) is 0 Å². The molecule has 2 rings (SSSR count). The Hall–Kier alpha value is -2.12. The van der Waals surface area contributed by atoms with E-state index in [2.05, 4.69) is 4.98 Å². The molecule has 0 radical (unpaired) electrons. The second kappa shape index (κ2) is 7.43. The first-order valence-electron chi connectivity index (χ1n) is 7.07. The average Bonchev–Trinajstić information content (AvgIpc) is 2.59. The molecule has 0 spiro atoms. The van der Waals surface area contributed by atoms with Crippen LogP contribution in [-0.2, 0) is 16.4 Å². The predicted octanol–water partition coefficient (Wildman–Crippen LogP) is 1.96. The van der Waals surface area contributed by atoms with Crippen molar-refractivity contribution in [2.24, 2.45) is 0 Å². The molecule has 1 heterocycles. The molecule has 0 atom stereocenters. The van der Waals surface area contributed by atoms with Gasteiger partial charge in [-0.25, -0.2) is 12.7 Å². The molecule has 0 saturated heterocycles. The summed E-state index contributed by atoms with van der Waals surface area (Å²) in [5, 5.41) is 0. The molecule has 0 amide bonds. The van der Waals surface area contributed by atoms with Crippen LogP contribution in [-0.4, -0.2) is 45.5 Å². The number of ether oxygens (including phenoxy) is 2. The lowest BCUT2D eigenvalue weighted by molar-refractivity contribution is 0.388. The van der Waals surface area contributed by atoms with Gasteiger partial charge in [0.2, 0.25) is 10.0 Å². The minimum absolute atomic E-state index is 0.0860. The molecule has 0 aliphatic carbocycles. The van der Waals surface area contributed by atoms with Crippen molar-refractivity contribution >= 4 is 10.0 Å². The minimum Gasteiger partial charge on any atom is -0.497 e. The van der Waals surface area contributed by atoms with Gasteiger partial charge in [0.1, 0.15) is 16.4 Å². The van der Waals surface area contributed by atoms with Gasteiger partial charge in [0.05, 0.1) is 14.2 Å². The fourth-order valence-corrected chi connectivity index (χ4v) is 3.43. The molecular weight excluding hydrogens is 316 g/mol. The van der Waals surface area contributed by atoms with Crippen molar-refractivity contribution < 1.29 is 17.9 Å². The van der Waals surface area contributed by atoms with Gasteiger partial charge in [-0.3, -0.25) is 4.98 Å². The monoisotopic (exact) mass is 336 g/mol. The van der Waals surface area contributed by atoms with E-state index in [0.717, 1.165) is 5.69 Å². The Morgan fingerprint density at radius 2 is 1.91 bits per heavy atom. The van der Waals surface area contributed by atoms with E-state index in [9.17, 15) is 8.42 Å². The lowest BCUT2D eigenvalue weighted by atomic mass is 10.3. The number of sulfonamides is 1. The van der Waals surface area contributed by atoms with Crippen molar-refractivity contribution in [2.45, 2.75) is 11.3 Å². The van der Waals surface area contributed by atoms with Crippen LogP contribution in [0.5, 0.6) is 11.5 Å². The van der Waals surface area contributed by atoms with Crippen molar-refractivity contribution in [1.82, 2.24) is 9.29 Å². The zero-order valence-electron chi connectivity index (χ0n) is 13.4. The Bertz CT molecular complexity index is 748. The van der Waals surface area contributed by atoms with Crippen molar-refractivity contribution in [2.75, 3.05) is 27.8 Å². The standard InChI is InChI=1S/C16H20N2O4S/c1-18(11-9-13-6-4-5-10-17-13)23(19,20)16-12-14(21-2)7-8-15(16)22-3/h4-8,10,12H,9,11H2,1-3H3. The topological polar surface area (TPSA) is 68.7 Å². The number of rotatable bonds is 7. The van der Waals surface area contributed by atoms with Gasteiger partial charge in [0.15, 0.2) is 0 Å². The normalized spacial score (nSPS) is 11.5. The first kappa shape index (κ1) is 17.2. The van der Waals surface area contributed by atoms with Gasteiger partial charge in [-0.05, 0) is 24.3 Å². The number of methoxy groups -OCH3 is 2. The summed E-state index contributed by atoms with van der Waals surface area (Å²) in [7, 11) is 0.783. The third kappa shape index (κ3) is 4.00. The SMILES string of the molecule is COc1ccc(OC)c(S(=O)(=O)N(C)CCc2ccccn2)c1. The summed E-state index contributed by atoms with van der Waals surface area (Å²) >= 11 is 0. The maximum Gasteiger partial charge on any atom is 0.246 e. The molecule has 0 saturated carbocycles. The Kier molecular flexibility index (Phi) is 5.57. The lowest BCUT2D eigenvalue weighted by Gasteiger charge is -2.19. The highest BCUT2D eigenvalue weighted by atomic mass is 32.2. The Morgan fingerprint density at radius 1 is 1.13 bits per heavy atom. The van der Waals surface area contributed by atoms with E-state index >= 15 is 0 Å². The van der Waals surface area contributed by atoms with Crippen LogP contribution in [0.1, 0.15) is 5.69 Å². The highest BCUT2D eigenvalue weighted by Crippen LogP contribution is 2.30. The van der Waals surface area contributed by atoms with Crippen LogP contribution < -0.4 is 9.47 Å². The molecule has 0 aliphatic heterocycles. The summed E-state index contributed by atoms with van der Waals surface area (Å²) < 4.78 is 37.1. The van der Waals surface area contributed by atoms with E-state index in [1.54, 1.807) is 18.3 Å². The van der Waals surface area contributed by atoms with Crippen molar-refractivity contribution in [3.63, 3.8) is 0 Å². The van der Waals surface area contributed by atoms with E-state index in [1.165, 1.54) is 31.6 Å². The predicted molar refractivity (Wildman–Crippen MR) is 87.3 cm³/mol. The lowest BCUT2D eigenvalue weighted by Crippen LogP contribution is -2.29. The van der Waals surface area contributed by atoms with Gasteiger partial charge in [0, 0.05) is 38.0 Å². The summed E-state index contributed by atoms with van der Waals surface area (Å²) in [6.45, 7) is 0.319. The molecule has 1 aromatic heterocycles. The molecule has 2 aromatic rings. The van der Waals surface area contributed by atoms with E-state index < -0.39 is 10.0 Å². The second-order valence-electron chi connectivity index (χ2n) is 4.91. The van der Waals surface area contributed by atoms with E-state index in [4.69, 9.17) is 9.47 Å². The Labute approximate surface area is 136 Å².